The normalized spacial score (nSPS) is 16.9. The molecular formula is C20H19N5O3. The lowest BCUT2D eigenvalue weighted by Gasteiger charge is -2.31. The van der Waals surface area contributed by atoms with Gasteiger partial charge in [0.15, 0.2) is 23.0 Å². The van der Waals surface area contributed by atoms with E-state index in [1.807, 2.05) is 6.07 Å². The molecule has 0 saturated heterocycles. The van der Waals surface area contributed by atoms with Gasteiger partial charge in [0.05, 0.1) is 0 Å². The molecule has 1 aromatic carbocycles. The Balaban J connectivity index is 1.29. The molecule has 1 aliphatic carbocycles. The number of carbonyl (C=O) groups excluding carboxylic acids is 1. The highest BCUT2D eigenvalue weighted by Crippen LogP contribution is 2.46. The first kappa shape index (κ1) is 16.7. The van der Waals surface area contributed by atoms with Gasteiger partial charge in [0.2, 0.25) is 0 Å². The van der Waals surface area contributed by atoms with Crippen LogP contribution in [0.25, 0.3) is 5.82 Å². The lowest BCUT2D eigenvalue weighted by molar-refractivity contribution is -0.105. The predicted octanol–water partition coefficient (Wildman–Crippen LogP) is 3.35. The average molecular weight is 377 g/mol. The Morgan fingerprint density at radius 2 is 1.89 bits per heavy atom. The molecule has 5 rings (SSSR count). The van der Waals surface area contributed by atoms with Crippen LogP contribution in [0.3, 0.4) is 0 Å². The highest BCUT2D eigenvalue weighted by atomic mass is 16.7. The molecule has 1 spiro atoms. The van der Waals surface area contributed by atoms with Crippen LogP contribution in [0.5, 0.6) is 11.5 Å². The number of hydrogen-bond acceptors (Lipinski definition) is 6. The Labute approximate surface area is 161 Å². The van der Waals surface area contributed by atoms with Crippen LogP contribution in [0.4, 0.5) is 5.69 Å². The van der Waals surface area contributed by atoms with Gasteiger partial charge in [-0.05, 0) is 37.1 Å². The summed E-state index contributed by atoms with van der Waals surface area (Å²) in [6.45, 7) is 0. The van der Waals surface area contributed by atoms with E-state index in [-0.39, 0.29) is 11.6 Å². The van der Waals surface area contributed by atoms with Gasteiger partial charge in [-0.3, -0.25) is 9.36 Å². The van der Waals surface area contributed by atoms with E-state index in [1.54, 1.807) is 47.6 Å². The van der Waals surface area contributed by atoms with Crippen molar-refractivity contribution < 1.29 is 14.3 Å². The number of carbonyl (C=O) groups is 1. The van der Waals surface area contributed by atoms with E-state index >= 15 is 0 Å². The van der Waals surface area contributed by atoms with Crippen LogP contribution in [0.1, 0.15) is 42.6 Å². The van der Waals surface area contributed by atoms with Crippen molar-refractivity contribution in [3.63, 3.8) is 0 Å². The summed E-state index contributed by atoms with van der Waals surface area (Å²) in [7, 11) is 0. The third kappa shape index (κ3) is 3.06. The molecule has 1 saturated carbocycles. The minimum atomic E-state index is -0.530. The van der Waals surface area contributed by atoms with Crippen molar-refractivity contribution in [3.05, 3.63) is 54.7 Å². The summed E-state index contributed by atoms with van der Waals surface area (Å²) in [6.07, 6.45) is 10.2. The molecule has 0 atom stereocenters. The van der Waals surface area contributed by atoms with E-state index in [2.05, 4.69) is 20.5 Å². The van der Waals surface area contributed by atoms with Gasteiger partial charge in [-0.2, -0.15) is 0 Å². The number of amides is 1. The van der Waals surface area contributed by atoms with Gasteiger partial charge in [0, 0.05) is 37.0 Å². The molecule has 2 aromatic heterocycles. The third-order valence-corrected chi connectivity index (χ3v) is 5.06. The zero-order chi connectivity index (χ0) is 19.0. The molecule has 1 aliphatic heterocycles. The lowest BCUT2D eigenvalue weighted by Crippen LogP contribution is -2.40. The van der Waals surface area contributed by atoms with Crippen LogP contribution < -0.4 is 14.8 Å². The van der Waals surface area contributed by atoms with Crippen LogP contribution >= 0.6 is 0 Å². The number of benzene rings is 1. The maximum atomic E-state index is 12.5. The first-order valence-corrected chi connectivity index (χ1v) is 9.36. The highest BCUT2D eigenvalue weighted by molar-refractivity contribution is 6.02. The number of anilines is 1. The summed E-state index contributed by atoms with van der Waals surface area (Å²) >= 11 is 0. The van der Waals surface area contributed by atoms with Crippen LogP contribution in [-0.2, 0) is 0 Å². The highest BCUT2D eigenvalue weighted by Gasteiger charge is 2.42. The maximum Gasteiger partial charge on any atom is 0.276 e. The van der Waals surface area contributed by atoms with E-state index < -0.39 is 5.79 Å². The van der Waals surface area contributed by atoms with Crippen molar-refractivity contribution in [2.75, 3.05) is 5.32 Å². The summed E-state index contributed by atoms with van der Waals surface area (Å²) in [4.78, 5) is 16.5. The Hall–Kier alpha value is -3.42. The summed E-state index contributed by atoms with van der Waals surface area (Å²) in [5.74, 6) is 1.12. The molecule has 0 bridgehead atoms. The van der Waals surface area contributed by atoms with Crippen molar-refractivity contribution in [1.82, 2.24) is 19.7 Å². The quantitative estimate of drug-likeness (QED) is 0.753. The molecule has 8 heteroatoms. The summed E-state index contributed by atoms with van der Waals surface area (Å²) in [6, 6.07) is 8.78. The molecule has 8 nitrogen and oxygen atoms in total. The minimum Gasteiger partial charge on any atom is -0.448 e. The van der Waals surface area contributed by atoms with Crippen LogP contribution in [0.2, 0.25) is 0 Å². The Kier molecular flexibility index (Phi) is 3.96. The number of rotatable bonds is 3. The topological polar surface area (TPSA) is 91.2 Å². The molecule has 2 aliphatic rings. The zero-order valence-electron chi connectivity index (χ0n) is 15.2. The summed E-state index contributed by atoms with van der Waals surface area (Å²) in [5.41, 5.74) is 0.853. The van der Waals surface area contributed by atoms with Crippen molar-refractivity contribution in [1.29, 1.82) is 0 Å². The fourth-order valence-electron chi connectivity index (χ4n) is 3.64. The molecule has 0 unspecified atom stereocenters. The second-order valence-corrected chi connectivity index (χ2v) is 7.04. The second kappa shape index (κ2) is 6.63. The molecule has 1 N–H and O–H groups in total. The van der Waals surface area contributed by atoms with Crippen molar-refractivity contribution in [2.45, 2.75) is 37.9 Å². The zero-order valence-corrected chi connectivity index (χ0v) is 15.2. The molecule has 3 aromatic rings. The maximum absolute atomic E-state index is 12.5. The number of hydrogen-bond donors (Lipinski definition) is 1. The lowest BCUT2D eigenvalue weighted by atomic mass is 9.94. The Morgan fingerprint density at radius 1 is 1.04 bits per heavy atom. The molecule has 3 heterocycles. The van der Waals surface area contributed by atoms with Crippen LogP contribution in [0, 0.1) is 0 Å². The Bertz CT molecular complexity index is 995. The van der Waals surface area contributed by atoms with Crippen molar-refractivity contribution in [3.8, 4) is 17.3 Å². The molecule has 28 heavy (non-hydrogen) atoms. The average Bonchev–Trinajstić information content (AvgIpc) is 3.36. The summed E-state index contributed by atoms with van der Waals surface area (Å²) < 4.78 is 13.9. The predicted molar refractivity (Wildman–Crippen MR) is 101 cm³/mol. The number of fused-ring (bicyclic) bond motifs is 1. The first-order chi connectivity index (χ1) is 13.7. The monoisotopic (exact) mass is 377 g/mol. The number of aromatic nitrogens is 4. The Morgan fingerprint density at radius 3 is 2.64 bits per heavy atom. The van der Waals surface area contributed by atoms with Crippen molar-refractivity contribution in [2.24, 2.45) is 0 Å². The van der Waals surface area contributed by atoms with Gasteiger partial charge in [-0.15, -0.1) is 10.2 Å². The van der Waals surface area contributed by atoms with Crippen molar-refractivity contribution >= 4 is 11.6 Å². The molecule has 1 fully saturated rings. The number of imidazole rings is 1. The van der Waals surface area contributed by atoms with Gasteiger partial charge in [0.1, 0.15) is 6.33 Å². The van der Waals surface area contributed by atoms with E-state index in [9.17, 15) is 4.79 Å². The number of ether oxygens (including phenoxy) is 2. The van der Waals surface area contributed by atoms with Gasteiger partial charge < -0.3 is 14.8 Å². The summed E-state index contributed by atoms with van der Waals surface area (Å²) in [5, 5.41) is 10.9. The minimum absolute atomic E-state index is 0.227. The standard InChI is InChI=1S/C20H19N5O3/c26-19(15-5-7-18(24-23-15)25-11-10-21-13-25)22-14-4-6-16-17(12-14)28-20(27-16)8-2-1-3-9-20/h4-7,10-13H,1-3,8-9H2,(H,22,26). The fraction of sp³-hybridized carbons (Fsp3) is 0.300. The largest absolute Gasteiger partial charge is 0.448 e. The SMILES string of the molecule is O=C(Nc1ccc2c(c1)OC1(CCCCC1)O2)c1ccc(-n2ccnc2)nn1. The third-order valence-electron chi connectivity index (χ3n) is 5.06. The molecule has 1 amide bonds. The van der Waals surface area contributed by atoms with E-state index in [0.29, 0.717) is 17.3 Å². The fourth-order valence-corrected chi connectivity index (χ4v) is 3.64. The van der Waals surface area contributed by atoms with Gasteiger partial charge >= 0.3 is 0 Å². The molecule has 142 valence electrons. The van der Waals surface area contributed by atoms with Crippen LogP contribution in [0.15, 0.2) is 49.1 Å². The smallest absolute Gasteiger partial charge is 0.276 e. The van der Waals surface area contributed by atoms with Gasteiger partial charge in [-0.25, -0.2) is 4.98 Å². The van der Waals surface area contributed by atoms with E-state index in [0.717, 1.165) is 31.4 Å². The second-order valence-electron chi connectivity index (χ2n) is 7.04. The molecular weight excluding hydrogens is 358 g/mol. The number of nitrogens with zero attached hydrogens (tertiary/aromatic N) is 4. The number of nitrogens with one attached hydrogen (secondary N) is 1. The first-order valence-electron chi connectivity index (χ1n) is 9.36. The van der Waals surface area contributed by atoms with E-state index in [1.165, 1.54) is 6.42 Å². The molecule has 0 radical (unpaired) electrons. The van der Waals surface area contributed by atoms with E-state index in [4.69, 9.17) is 9.47 Å². The van der Waals surface area contributed by atoms with Crippen LogP contribution in [-0.4, -0.2) is 31.4 Å². The van der Waals surface area contributed by atoms with Gasteiger partial charge in [0.25, 0.3) is 11.7 Å². The van der Waals surface area contributed by atoms with Gasteiger partial charge in [-0.1, -0.05) is 6.42 Å².